The molecule has 0 saturated carbocycles. The van der Waals surface area contributed by atoms with Crippen LogP contribution in [-0.4, -0.2) is 51.6 Å². The van der Waals surface area contributed by atoms with Crippen molar-refractivity contribution in [1.29, 1.82) is 0 Å². The summed E-state index contributed by atoms with van der Waals surface area (Å²) in [5.41, 5.74) is 3.62. The van der Waals surface area contributed by atoms with Crippen LogP contribution in [0.1, 0.15) is 28.8 Å². The molecule has 4 aromatic rings. The van der Waals surface area contributed by atoms with Crippen LogP contribution in [0.25, 0.3) is 28.0 Å². The zero-order valence-corrected chi connectivity index (χ0v) is 18.7. The highest BCUT2D eigenvalue weighted by molar-refractivity contribution is 5.99. The summed E-state index contributed by atoms with van der Waals surface area (Å²) in [5.74, 6) is 0.168. The molecule has 2 aromatic carbocycles. The summed E-state index contributed by atoms with van der Waals surface area (Å²) in [5, 5.41) is 1.03. The van der Waals surface area contributed by atoms with Crippen molar-refractivity contribution in [2.75, 3.05) is 20.3 Å². The van der Waals surface area contributed by atoms with Gasteiger partial charge in [-0.2, -0.15) is 0 Å². The number of rotatable bonds is 5. The molecule has 0 N–H and O–H groups in total. The van der Waals surface area contributed by atoms with Gasteiger partial charge in [0, 0.05) is 54.3 Å². The first-order valence-corrected chi connectivity index (χ1v) is 11.1. The SMILES string of the molecule is COC[C@@H]1CCCN1C(=O)c1ccc2c(C)cn(-c3ncc(-c4ccccc4F)cn3)c2c1. The minimum absolute atomic E-state index is 0.0117. The fraction of sp³-hybridized carbons (Fsp3) is 0.269. The number of ether oxygens (including phenoxy) is 1. The van der Waals surface area contributed by atoms with Gasteiger partial charge in [0.2, 0.25) is 5.95 Å². The lowest BCUT2D eigenvalue weighted by atomic mass is 10.1. The van der Waals surface area contributed by atoms with Gasteiger partial charge >= 0.3 is 0 Å². The predicted molar refractivity (Wildman–Crippen MR) is 125 cm³/mol. The third-order valence-corrected chi connectivity index (χ3v) is 6.29. The summed E-state index contributed by atoms with van der Waals surface area (Å²) in [6.45, 7) is 3.31. The normalized spacial score (nSPS) is 16.0. The largest absolute Gasteiger partial charge is 0.383 e. The van der Waals surface area contributed by atoms with Crippen LogP contribution in [0.2, 0.25) is 0 Å². The molecule has 7 heteroatoms. The Morgan fingerprint density at radius 3 is 2.73 bits per heavy atom. The molecule has 1 aliphatic heterocycles. The molecule has 1 fully saturated rings. The highest BCUT2D eigenvalue weighted by Gasteiger charge is 2.29. The van der Waals surface area contributed by atoms with E-state index in [0.29, 0.717) is 29.2 Å². The lowest BCUT2D eigenvalue weighted by Gasteiger charge is -2.24. The molecule has 3 heterocycles. The van der Waals surface area contributed by atoms with Gasteiger partial charge in [-0.1, -0.05) is 24.3 Å². The molecule has 6 nitrogen and oxygen atoms in total. The summed E-state index contributed by atoms with van der Waals surface area (Å²) in [6.07, 6.45) is 7.15. The van der Waals surface area contributed by atoms with Crippen molar-refractivity contribution in [2.24, 2.45) is 0 Å². The Bertz CT molecular complexity index is 1320. The molecular formula is C26H25FN4O2. The monoisotopic (exact) mass is 444 g/mol. The Morgan fingerprint density at radius 2 is 1.97 bits per heavy atom. The van der Waals surface area contributed by atoms with Gasteiger partial charge in [0.15, 0.2) is 0 Å². The van der Waals surface area contributed by atoms with Crippen molar-refractivity contribution < 1.29 is 13.9 Å². The molecule has 5 rings (SSSR count). The van der Waals surface area contributed by atoms with Crippen LogP contribution >= 0.6 is 0 Å². The summed E-state index contributed by atoms with van der Waals surface area (Å²) < 4.78 is 21.3. The van der Waals surface area contributed by atoms with Crippen LogP contribution in [0.3, 0.4) is 0 Å². The quantitative estimate of drug-likeness (QED) is 0.444. The number of likely N-dealkylation sites (tertiary alicyclic amines) is 1. The number of carbonyl (C=O) groups is 1. The van der Waals surface area contributed by atoms with Crippen molar-refractivity contribution in [1.82, 2.24) is 19.4 Å². The first-order valence-electron chi connectivity index (χ1n) is 11.1. The second kappa shape index (κ2) is 8.75. The summed E-state index contributed by atoms with van der Waals surface area (Å²) in [7, 11) is 1.67. The minimum atomic E-state index is -0.312. The van der Waals surface area contributed by atoms with Crippen LogP contribution in [0, 0.1) is 12.7 Å². The van der Waals surface area contributed by atoms with E-state index in [2.05, 4.69) is 9.97 Å². The van der Waals surface area contributed by atoms with Crippen molar-refractivity contribution in [2.45, 2.75) is 25.8 Å². The molecule has 2 aromatic heterocycles. The number of aryl methyl sites for hydroxylation is 1. The Labute approximate surface area is 191 Å². The number of hydrogen-bond donors (Lipinski definition) is 0. The number of nitrogens with zero attached hydrogens (tertiary/aromatic N) is 4. The minimum Gasteiger partial charge on any atom is -0.383 e. The van der Waals surface area contributed by atoms with Gasteiger partial charge in [-0.25, -0.2) is 14.4 Å². The smallest absolute Gasteiger partial charge is 0.254 e. The van der Waals surface area contributed by atoms with Gasteiger partial charge in [-0.3, -0.25) is 9.36 Å². The lowest BCUT2D eigenvalue weighted by molar-refractivity contribution is 0.0631. The van der Waals surface area contributed by atoms with Crippen LogP contribution in [0.5, 0.6) is 0 Å². The zero-order valence-electron chi connectivity index (χ0n) is 18.7. The number of aromatic nitrogens is 3. The van der Waals surface area contributed by atoms with Gasteiger partial charge in [0.05, 0.1) is 18.2 Å². The van der Waals surface area contributed by atoms with E-state index >= 15 is 0 Å². The molecule has 0 aliphatic carbocycles. The highest BCUT2D eigenvalue weighted by atomic mass is 19.1. The van der Waals surface area contributed by atoms with E-state index in [1.54, 1.807) is 37.7 Å². The maximum Gasteiger partial charge on any atom is 0.254 e. The van der Waals surface area contributed by atoms with E-state index in [9.17, 15) is 9.18 Å². The number of benzene rings is 2. The van der Waals surface area contributed by atoms with Crippen LogP contribution in [-0.2, 0) is 4.74 Å². The van der Waals surface area contributed by atoms with Gasteiger partial charge in [-0.15, -0.1) is 0 Å². The topological polar surface area (TPSA) is 60.2 Å². The van der Waals surface area contributed by atoms with Gasteiger partial charge < -0.3 is 9.64 Å². The third kappa shape index (κ3) is 3.89. The van der Waals surface area contributed by atoms with Crippen LogP contribution < -0.4 is 0 Å². The fourth-order valence-electron chi connectivity index (χ4n) is 4.61. The average molecular weight is 445 g/mol. The van der Waals surface area contributed by atoms with Crippen LogP contribution in [0.15, 0.2) is 61.1 Å². The maximum atomic E-state index is 14.1. The van der Waals surface area contributed by atoms with Crippen molar-refractivity contribution in [3.8, 4) is 17.1 Å². The number of halogens is 1. The van der Waals surface area contributed by atoms with Crippen molar-refractivity contribution >= 4 is 16.8 Å². The van der Waals surface area contributed by atoms with Crippen LogP contribution in [0.4, 0.5) is 4.39 Å². The highest BCUT2D eigenvalue weighted by Crippen LogP contribution is 2.28. The molecule has 1 aliphatic rings. The molecule has 0 unspecified atom stereocenters. The first-order chi connectivity index (χ1) is 16.1. The predicted octanol–water partition coefficient (Wildman–Crippen LogP) is 4.79. The van der Waals surface area contributed by atoms with E-state index in [1.165, 1.54) is 6.07 Å². The van der Waals surface area contributed by atoms with Crippen molar-refractivity contribution in [3.05, 3.63) is 78.0 Å². The zero-order chi connectivity index (χ0) is 22.9. The molecule has 1 amide bonds. The van der Waals surface area contributed by atoms with Gasteiger partial charge in [0.1, 0.15) is 5.82 Å². The second-order valence-corrected chi connectivity index (χ2v) is 8.42. The average Bonchev–Trinajstić information content (AvgIpc) is 3.43. The van der Waals surface area contributed by atoms with Gasteiger partial charge in [0.25, 0.3) is 5.91 Å². The number of fused-ring (bicyclic) bond motifs is 1. The van der Waals surface area contributed by atoms with Crippen molar-refractivity contribution in [3.63, 3.8) is 0 Å². The molecule has 0 bridgehead atoms. The molecule has 0 spiro atoms. The summed E-state index contributed by atoms with van der Waals surface area (Å²) in [6, 6.07) is 12.4. The fourth-order valence-corrected chi connectivity index (χ4v) is 4.61. The van der Waals surface area contributed by atoms with E-state index in [-0.39, 0.29) is 17.8 Å². The molecule has 0 radical (unpaired) electrons. The van der Waals surface area contributed by atoms with Gasteiger partial charge in [-0.05, 0) is 43.5 Å². The Kier molecular flexibility index (Phi) is 5.64. The molecule has 1 saturated heterocycles. The Balaban J connectivity index is 1.50. The Hall–Kier alpha value is -3.58. The van der Waals surface area contributed by atoms with E-state index in [4.69, 9.17) is 4.74 Å². The lowest BCUT2D eigenvalue weighted by Crippen LogP contribution is -2.38. The Morgan fingerprint density at radius 1 is 1.18 bits per heavy atom. The maximum absolute atomic E-state index is 14.1. The number of amides is 1. The summed E-state index contributed by atoms with van der Waals surface area (Å²) >= 11 is 0. The summed E-state index contributed by atoms with van der Waals surface area (Å²) in [4.78, 5) is 24.1. The molecular weight excluding hydrogens is 419 g/mol. The molecule has 33 heavy (non-hydrogen) atoms. The second-order valence-electron chi connectivity index (χ2n) is 8.42. The third-order valence-electron chi connectivity index (χ3n) is 6.29. The number of hydrogen-bond acceptors (Lipinski definition) is 4. The molecule has 1 atom stereocenters. The van der Waals surface area contributed by atoms with E-state index < -0.39 is 0 Å². The van der Waals surface area contributed by atoms with E-state index in [0.717, 1.165) is 35.9 Å². The number of methoxy groups -OCH3 is 1. The number of carbonyl (C=O) groups excluding carboxylic acids is 1. The first kappa shape index (κ1) is 21.3. The van der Waals surface area contributed by atoms with E-state index in [1.807, 2.05) is 40.8 Å². The molecule has 168 valence electrons. The standard InChI is InChI=1S/C26H25FN4O2/c1-17-15-31(26-28-13-19(14-29-26)22-7-3-4-8-23(22)27)24-12-18(9-10-21(17)24)25(32)30-11-5-6-20(30)16-33-2/h3-4,7-10,12-15,20H,5-6,11,16H2,1-2H3/t20-/m0/s1.